The van der Waals surface area contributed by atoms with Crippen molar-refractivity contribution in [3.8, 4) is 17.1 Å². The summed E-state index contributed by atoms with van der Waals surface area (Å²) in [7, 11) is 1.62. The molecule has 0 aliphatic heterocycles. The molecule has 0 fully saturated rings. The second kappa shape index (κ2) is 11.5. The van der Waals surface area contributed by atoms with Crippen molar-refractivity contribution in [3.63, 3.8) is 0 Å². The number of methoxy groups -OCH3 is 1. The molecule has 3 aromatic rings. The van der Waals surface area contributed by atoms with Crippen LogP contribution in [0.4, 0.5) is 0 Å². The van der Waals surface area contributed by atoms with Crippen molar-refractivity contribution in [2.75, 3.05) is 20.2 Å². The zero-order valence-electron chi connectivity index (χ0n) is 17.5. The molecule has 0 unspecified atom stereocenters. The summed E-state index contributed by atoms with van der Waals surface area (Å²) in [6.07, 6.45) is 3.31. The maximum atomic E-state index is 11.9. The van der Waals surface area contributed by atoms with Crippen molar-refractivity contribution in [1.82, 2.24) is 20.8 Å². The summed E-state index contributed by atoms with van der Waals surface area (Å²) in [5, 5.41) is 9.43. The van der Waals surface area contributed by atoms with E-state index >= 15 is 0 Å². The molecule has 8 nitrogen and oxygen atoms in total. The summed E-state index contributed by atoms with van der Waals surface area (Å²) >= 11 is 0. The molecular formula is C23H26N4O4. The highest BCUT2D eigenvalue weighted by atomic mass is 16.5. The number of nitrogens with zero attached hydrogens (tertiary/aromatic N) is 2. The summed E-state index contributed by atoms with van der Waals surface area (Å²) in [4.78, 5) is 28.2. The van der Waals surface area contributed by atoms with Gasteiger partial charge in [0.05, 0.1) is 13.7 Å². The van der Waals surface area contributed by atoms with Crippen LogP contribution in [0.15, 0.2) is 59.1 Å². The summed E-state index contributed by atoms with van der Waals surface area (Å²) < 4.78 is 10.5. The zero-order chi connectivity index (χ0) is 21.9. The van der Waals surface area contributed by atoms with Crippen molar-refractivity contribution in [3.05, 3.63) is 66.1 Å². The third kappa shape index (κ3) is 6.95. The Morgan fingerprint density at radius 1 is 0.968 bits per heavy atom. The predicted octanol–water partition coefficient (Wildman–Crippen LogP) is 3.00. The van der Waals surface area contributed by atoms with Crippen LogP contribution in [0.2, 0.25) is 0 Å². The first kappa shape index (κ1) is 22.0. The third-order valence-corrected chi connectivity index (χ3v) is 4.65. The molecule has 1 aromatic heterocycles. The van der Waals surface area contributed by atoms with E-state index in [1.54, 1.807) is 31.4 Å². The normalized spacial score (nSPS) is 10.5. The van der Waals surface area contributed by atoms with Crippen molar-refractivity contribution >= 4 is 11.8 Å². The minimum atomic E-state index is -0.260. The van der Waals surface area contributed by atoms with Gasteiger partial charge in [-0.3, -0.25) is 9.59 Å². The zero-order valence-corrected chi connectivity index (χ0v) is 17.5. The van der Waals surface area contributed by atoms with Gasteiger partial charge < -0.3 is 19.9 Å². The lowest BCUT2D eigenvalue weighted by Gasteiger charge is -2.07. The van der Waals surface area contributed by atoms with Gasteiger partial charge >= 0.3 is 0 Å². The number of aromatic nitrogens is 2. The molecule has 0 saturated carbocycles. The molecule has 8 heteroatoms. The number of rotatable bonds is 11. The summed E-state index contributed by atoms with van der Waals surface area (Å²) in [6, 6.07) is 16.3. The Bertz CT molecular complexity index is 971. The highest BCUT2D eigenvalue weighted by Gasteiger charge is 2.09. The molecular weight excluding hydrogens is 396 g/mol. The molecule has 3 rings (SSSR count). The van der Waals surface area contributed by atoms with Crippen molar-refractivity contribution in [1.29, 1.82) is 0 Å². The number of hydrogen-bond acceptors (Lipinski definition) is 6. The average Bonchev–Trinajstić information content (AvgIpc) is 3.29. The van der Waals surface area contributed by atoms with E-state index in [4.69, 9.17) is 9.26 Å². The van der Waals surface area contributed by atoms with Crippen molar-refractivity contribution in [2.45, 2.75) is 25.7 Å². The van der Waals surface area contributed by atoms with Crippen LogP contribution in [-0.4, -0.2) is 42.2 Å². The molecule has 2 aromatic carbocycles. The van der Waals surface area contributed by atoms with E-state index in [0.29, 0.717) is 30.2 Å². The van der Waals surface area contributed by atoms with Crippen LogP contribution >= 0.6 is 0 Å². The van der Waals surface area contributed by atoms with Crippen LogP contribution in [-0.2, 0) is 11.2 Å². The first-order valence-corrected chi connectivity index (χ1v) is 10.2. The van der Waals surface area contributed by atoms with Crippen LogP contribution in [0.1, 0.15) is 35.5 Å². The quantitative estimate of drug-likeness (QED) is 0.460. The van der Waals surface area contributed by atoms with Gasteiger partial charge in [0.15, 0.2) is 0 Å². The number of nitrogens with one attached hydrogen (secondary N) is 2. The van der Waals surface area contributed by atoms with Gasteiger partial charge in [-0.25, -0.2) is 0 Å². The van der Waals surface area contributed by atoms with Crippen LogP contribution < -0.4 is 15.4 Å². The van der Waals surface area contributed by atoms with Gasteiger partial charge in [0.2, 0.25) is 17.6 Å². The summed E-state index contributed by atoms with van der Waals surface area (Å²) in [6.45, 7) is 0.519. The van der Waals surface area contributed by atoms with E-state index in [1.807, 2.05) is 30.3 Å². The second-order valence-corrected chi connectivity index (χ2v) is 6.95. The van der Waals surface area contributed by atoms with E-state index < -0.39 is 0 Å². The Kier molecular flexibility index (Phi) is 8.16. The highest BCUT2D eigenvalue weighted by molar-refractivity contribution is 5.96. The van der Waals surface area contributed by atoms with Gasteiger partial charge in [0.25, 0.3) is 5.91 Å². The maximum Gasteiger partial charge on any atom is 0.251 e. The van der Waals surface area contributed by atoms with Crippen LogP contribution in [0.5, 0.6) is 5.75 Å². The molecule has 0 atom stereocenters. The number of aryl methyl sites for hydroxylation is 1. The van der Waals surface area contributed by atoms with Crippen LogP contribution in [0, 0.1) is 0 Å². The van der Waals surface area contributed by atoms with Gasteiger partial charge in [-0.2, -0.15) is 4.98 Å². The fraction of sp³-hybridized carbons (Fsp3) is 0.304. The van der Waals surface area contributed by atoms with E-state index in [2.05, 4.69) is 20.8 Å². The Morgan fingerprint density at radius 2 is 1.74 bits per heavy atom. The molecule has 0 bridgehead atoms. The molecule has 1 heterocycles. The fourth-order valence-corrected chi connectivity index (χ4v) is 2.93. The minimum Gasteiger partial charge on any atom is -0.497 e. The monoisotopic (exact) mass is 422 g/mol. The molecule has 0 saturated heterocycles. The Hall–Kier alpha value is -3.68. The van der Waals surface area contributed by atoms with E-state index in [1.165, 1.54) is 0 Å². The summed E-state index contributed by atoms with van der Waals surface area (Å²) in [5.74, 6) is 1.47. The number of carbonyl (C=O) groups excluding carboxylic acids is 2. The maximum absolute atomic E-state index is 11.9. The topological polar surface area (TPSA) is 106 Å². The lowest BCUT2D eigenvalue weighted by atomic mass is 10.2. The second-order valence-electron chi connectivity index (χ2n) is 6.95. The van der Waals surface area contributed by atoms with E-state index in [9.17, 15) is 9.59 Å². The summed E-state index contributed by atoms with van der Waals surface area (Å²) in [5.41, 5.74) is 1.41. The molecule has 2 amide bonds. The highest BCUT2D eigenvalue weighted by Crippen LogP contribution is 2.20. The van der Waals surface area contributed by atoms with Crippen molar-refractivity contribution in [2.24, 2.45) is 0 Å². The van der Waals surface area contributed by atoms with Gasteiger partial charge in [0, 0.05) is 24.1 Å². The Balaban J connectivity index is 1.28. The molecule has 2 N–H and O–H groups in total. The smallest absolute Gasteiger partial charge is 0.251 e. The van der Waals surface area contributed by atoms with Crippen LogP contribution in [0.25, 0.3) is 11.4 Å². The first-order valence-electron chi connectivity index (χ1n) is 10.2. The van der Waals surface area contributed by atoms with Crippen LogP contribution in [0.3, 0.4) is 0 Å². The first-order chi connectivity index (χ1) is 15.2. The number of unbranched alkanes of at least 4 members (excludes halogenated alkanes) is 2. The van der Waals surface area contributed by atoms with Gasteiger partial charge in [0.1, 0.15) is 5.75 Å². The standard InChI is InChI=1S/C23H26N4O4/c1-30-19-13-11-17(12-14-19)22-26-21(31-27-22)10-6-3-7-15-24-20(28)16-25-23(29)18-8-4-2-5-9-18/h2,4-5,8-9,11-14H,3,6-7,10,15-16H2,1H3,(H,24,28)(H,25,29). The lowest BCUT2D eigenvalue weighted by molar-refractivity contribution is -0.120. The third-order valence-electron chi connectivity index (χ3n) is 4.65. The SMILES string of the molecule is COc1ccc(-c2noc(CCCCCNC(=O)CNC(=O)c3ccccc3)n2)cc1. The predicted molar refractivity (Wildman–Crippen MR) is 116 cm³/mol. The molecule has 31 heavy (non-hydrogen) atoms. The number of ether oxygens (including phenoxy) is 1. The molecule has 162 valence electrons. The number of hydrogen-bond donors (Lipinski definition) is 2. The molecule has 0 radical (unpaired) electrons. The lowest BCUT2D eigenvalue weighted by Crippen LogP contribution is -2.37. The number of benzene rings is 2. The fourth-order valence-electron chi connectivity index (χ4n) is 2.93. The van der Waals surface area contributed by atoms with Crippen molar-refractivity contribution < 1.29 is 18.8 Å². The average molecular weight is 422 g/mol. The minimum absolute atomic E-state index is 0.0378. The molecule has 0 aliphatic rings. The Morgan fingerprint density at radius 3 is 2.48 bits per heavy atom. The van der Waals surface area contributed by atoms with Gasteiger partial charge in [-0.1, -0.05) is 29.8 Å². The molecule has 0 spiro atoms. The van der Waals surface area contributed by atoms with Gasteiger partial charge in [-0.15, -0.1) is 0 Å². The number of carbonyl (C=O) groups is 2. The number of amides is 2. The van der Waals surface area contributed by atoms with E-state index in [-0.39, 0.29) is 18.4 Å². The largest absolute Gasteiger partial charge is 0.497 e. The van der Waals surface area contributed by atoms with Gasteiger partial charge in [-0.05, 0) is 49.2 Å². The Labute approximate surface area is 181 Å². The van der Waals surface area contributed by atoms with E-state index in [0.717, 1.165) is 30.6 Å². The molecule has 0 aliphatic carbocycles.